The van der Waals surface area contributed by atoms with Gasteiger partial charge >= 0.3 is 0 Å². The molecular weight excluding hydrogens is 248 g/mol. The van der Waals surface area contributed by atoms with E-state index in [0.717, 1.165) is 36.6 Å². The zero-order chi connectivity index (χ0) is 14.1. The van der Waals surface area contributed by atoms with Gasteiger partial charge in [0, 0.05) is 24.4 Å². The Kier molecular flexibility index (Phi) is 3.30. The fraction of sp³-hybridized carbons (Fsp3) is 0.375. The van der Waals surface area contributed by atoms with E-state index in [1.54, 1.807) is 0 Å². The topological polar surface area (TPSA) is 63.8 Å². The summed E-state index contributed by atoms with van der Waals surface area (Å²) in [6.07, 6.45) is 1.94. The highest BCUT2D eigenvalue weighted by Gasteiger charge is 2.25. The van der Waals surface area contributed by atoms with Crippen LogP contribution in [0.1, 0.15) is 35.4 Å². The number of hydrogen-bond acceptors (Lipinski definition) is 4. The summed E-state index contributed by atoms with van der Waals surface area (Å²) in [6, 6.07) is 8.62. The van der Waals surface area contributed by atoms with Gasteiger partial charge in [-0.2, -0.15) is 0 Å². The first kappa shape index (κ1) is 12.9. The van der Waals surface area contributed by atoms with E-state index < -0.39 is 0 Å². The molecule has 0 saturated carbocycles. The Morgan fingerprint density at radius 2 is 2.10 bits per heavy atom. The Balaban J connectivity index is 1.72. The van der Waals surface area contributed by atoms with E-state index in [-0.39, 0.29) is 0 Å². The number of nitrogens with zero attached hydrogens (tertiary/aromatic N) is 2. The van der Waals surface area contributed by atoms with Crippen molar-refractivity contribution >= 4 is 11.6 Å². The van der Waals surface area contributed by atoms with Gasteiger partial charge in [0.05, 0.1) is 0 Å². The average Bonchev–Trinajstić information content (AvgIpc) is 2.44. The molecule has 0 bridgehead atoms. The van der Waals surface area contributed by atoms with Gasteiger partial charge in [-0.25, -0.2) is 9.97 Å². The number of nitrogen functional groups attached to an aromatic ring is 1. The largest absolute Gasteiger partial charge is 0.383 e. The van der Waals surface area contributed by atoms with Crippen LogP contribution in [0, 0.1) is 6.92 Å². The van der Waals surface area contributed by atoms with E-state index >= 15 is 0 Å². The number of fused-ring (bicyclic) bond motifs is 1. The van der Waals surface area contributed by atoms with Gasteiger partial charge in [0.1, 0.15) is 17.5 Å². The van der Waals surface area contributed by atoms with Crippen molar-refractivity contribution in [1.82, 2.24) is 9.97 Å². The molecule has 1 unspecified atom stereocenters. The van der Waals surface area contributed by atoms with Crippen molar-refractivity contribution in [3.63, 3.8) is 0 Å². The summed E-state index contributed by atoms with van der Waals surface area (Å²) < 4.78 is 0. The van der Waals surface area contributed by atoms with Crippen LogP contribution in [0.15, 0.2) is 24.3 Å². The molecule has 4 heteroatoms. The Labute approximate surface area is 119 Å². The summed E-state index contributed by atoms with van der Waals surface area (Å²) in [5.74, 6) is 2.82. The van der Waals surface area contributed by atoms with Gasteiger partial charge in [0.2, 0.25) is 0 Å². The second-order valence-electron chi connectivity index (χ2n) is 5.33. The van der Waals surface area contributed by atoms with Crippen molar-refractivity contribution < 1.29 is 0 Å². The molecule has 1 heterocycles. The fourth-order valence-electron chi connectivity index (χ4n) is 2.68. The van der Waals surface area contributed by atoms with Crippen molar-refractivity contribution in [2.75, 3.05) is 17.6 Å². The van der Waals surface area contributed by atoms with Gasteiger partial charge in [-0.15, -0.1) is 0 Å². The Hall–Kier alpha value is -2.10. The van der Waals surface area contributed by atoms with Crippen LogP contribution in [0.4, 0.5) is 11.6 Å². The van der Waals surface area contributed by atoms with Crippen LogP contribution < -0.4 is 11.1 Å². The van der Waals surface area contributed by atoms with E-state index in [1.165, 1.54) is 11.1 Å². The van der Waals surface area contributed by atoms with E-state index in [9.17, 15) is 0 Å². The molecule has 0 fully saturated rings. The summed E-state index contributed by atoms with van der Waals surface area (Å²) in [4.78, 5) is 8.81. The quantitative estimate of drug-likeness (QED) is 0.895. The molecular formula is C16H20N4. The molecule has 2 aromatic rings. The molecule has 3 rings (SSSR count). The molecule has 1 aliphatic rings. The fourth-order valence-corrected chi connectivity index (χ4v) is 2.68. The molecule has 1 aromatic heterocycles. The standard InChI is InChI=1S/C16H20N4/c1-3-14-19-15(17)10(2)16(20-14)18-9-12-8-11-6-4-5-7-13(11)12/h4-7,12H,3,8-9H2,1-2H3,(H3,17,18,19,20). The Bertz CT molecular complexity index is 636. The van der Waals surface area contributed by atoms with Gasteiger partial charge in [0.25, 0.3) is 0 Å². The number of benzene rings is 1. The number of nitrogens with two attached hydrogens (primary N) is 1. The first-order valence-corrected chi connectivity index (χ1v) is 7.13. The Morgan fingerprint density at radius 1 is 1.30 bits per heavy atom. The molecule has 0 amide bonds. The lowest BCUT2D eigenvalue weighted by Crippen LogP contribution is -2.25. The van der Waals surface area contributed by atoms with Crippen LogP contribution in [0.25, 0.3) is 0 Å². The number of anilines is 2. The van der Waals surface area contributed by atoms with Gasteiger partial charge < -0.3 is 11.1 Å². The highest BCUT2D eigenvalue weighted by Crippen LogP contribution is 2.34. The summed E-state index contributed by atoms with van der Waals surface area (Å²) in [6.45, 7) is 4.90. The van der Waals surface area contributed by atoms with Gasteiger partial charge in [-0.05, 0) is 24.5 Å². The maximum atomic E-state index is 5.94. The van der Waals surface area contributed by atoms with Crippen molar-refractivity contribution in [3.05, 3.63) is 46.8 Å². The van der Waals surface area contributed by atoms with Crippen LogP contribution >= 0.6 is 0 Å². The lowest BCUT2D eigenvalue weighted by molar-refractivity contribution is 0.634. The summed E-state index contributed by atoms with van der Waals surface area (Å²) in [5, 5.41) is 3.44. The van der Waals surface area contributed by atoms with Gasteiger partial charge in [-0.1, -0.05) is 31.2 Å². The lowest BCUT2D eigenvalue weighted by atomic mass is 9.77. The molecule has 1 aliphatic carbocycles. The monoisotopic (exact) mass is 268 g/mol. The van der Waals surface area contributed by atoms with Crippen LogP contribution in [0.2, 0.25) is 0 Å². The third kappa shape index (κ3) is 2.22. The van der Waals surface area contributed by atoms with E-state index in [0.29, 0.717) is 11.7 Å². The van der Waals surface area contributed by atoms with E-state index in [4.69, 9.17) is 5.73 Å². The normalized spacial score (nSPS) is 16.4. The molecule has 1 aromatic carbocycles. The van der Waals surface area contributed by atoms with Crippen molar-refractivity contribution in [3.8, 4) is 0 Å². The summed E-state index contributed by atoms with van der Waals surface area (Å²) in [5.41, 5.74) is 9.79. The molecule has 20 heavy (non-hydrogen) atoms. The number of aromatic nitrogens is 2. The average molecular weight is 268 g/mol. The van der Waals surface area contributed by atoms with Gasteiger partial charge in [0.15, 0.2) is 0 Å². The van der Waals surface area contributed by atoms with Gasteiger partial charge in [-0.3, -0.25) is 0 Å². The molecule has 3 N–H and O–H groups in total. The molecule has 4 nitrogen and oxygen atoms in total. The zero-order valence-electron chi connectivity index (χ0n) is 12.0. The number of hydrogen-bond donors (Lipinski definition) is 2. The number of aryl methyl sites for hydroxylation is 1. The first-order valence-electron chi connectivity index (χ1n) is 7.13. The minimum absolute atomic E-state index is 0.576. The first-order chi connectivity index (χ1) is 9.69. The maximum absolute atomic E-state index is 5.94. The van der Waals surface area contributed by atoms with E-state index in [2.05, 4.69) is 39.6 Å². The minimum atomic E-state index is 0.576. The SMILES string of the molecule is CCc1nc(N)c(C)c(NCC2Cc3ccccc32)n1. The van der Waals surface area contributed by atoms with Crippen LogP contribution in [-0.2, 0) is 12.8 Å². The van der Waals surface area contributed by atoms with Crippen molar-refractivity contribution in [2.45, 2.75) is 32.6 Å². The third-order valence-electron chi connectivity index (χ3n) is 4.02. The van der Waals surface area contributed by atoms with Crippen LogP contribution in [0.3, 0.4) is 0 Å². The molecule has 0 radical (unpaired) electrons. The second kappa shape index (κ2) is 5.12. The van der Waals surface area contributed by atoms with Crippen LogP contribution in [0.5, 0.6) is 0 Å². The summed E-state index contributed by atoms with van der Waals surface area (Å²) in [7, 11) is 0. The zero-order valence-corrected chi connectivity index (χ0v) is 12.0. The van der Waals surface area contributed by atoms with Crippen molar-refractivity contribution in [2.24, 2.45) is 0 Å². The van der Waals surface area contributed by atoms with Crippen LogP contribution in [-0.4, -0.2) is 16.5 Å². The third-order valence-corrected chi connectivity index (χ3v) is 4.02. The number of rotatable bonds is 4. The molecule has 0 spiro atoms. The Morgan fingerprint density at radius 3 is 2.85 bits per heavy atom. The van der Waals surface area contributed by atoms with Crippen molar-refractivity contribution in [1.29, 1.82) is 0 Å². The number of nitrogens with one attached hydrogen (secondary N) is 1. The maximum Gasteiger partial charge on any atom is 0.134 e. The van der Waals surface area contributed by atoms with E-state index in [1.807, 2.05) is 13.8 Å². The predicted molar refractivity (Wildman–Crippen MR) is 81.9 cm³/mol. The molecule has 0 saturated heterocycles. The molecule has 1 atom stereocenters. The summed E-state index contributed by atoms with van der Waals surface area (Å²) >= 11 is 0. The second-order valence-corrected chi connectivity index (χ2v) is 5.33. The highest BCUT2D eigenvalue weighted by atomic mass is 15.1. The minimum Gasteiger partial charge on any atom is -0.383 e. The molecule has 0 aliphatic heterocycles. The smallest absolute Gasteiger partial charge is 0.134 e. The molecule has 104 valence electrons. The highest BCUT2D eigenvalue weighted by molar-refractivity contribution is 5.55. The lowest BCUT2D eigenvalue weighted by Gasteiger charge is -2.30. The predicted octanol–water partition coefficient (Wildman–Crippen LogP) is 2.68.